The Bertz CT molecular complexity index is 374. The molecule has 2 atom stereocenters. The SMILES string of the molecule is C[n+]1ccn(C(=O)N2CC3CC3C2)c1. The van der Waals surface area contributed by atoms with E-state index in [0.29, 0.717) is 0 Å². The Morgan fingerprint density at radius 3 is 2.71 bits per heavy atom. The molecule has 2 aliphatic rings. The van der Waals surface area contributed by atoms with E-state index in [9.17, 15) is 4.79 Å². The third kappa shape index (κ3) is 1.14. The number of carbonyl (C=O) groups is 1. The summed E-state index contributed by atoms with van der Waals surface area (Å²) >= 11 is 0. The van der Waals surface area contributed by atoms with Crippen molar-refractivity contribution in [3.63, 3.8) is 0 Å². The molecule has 1 amide bonds. The minimum absolute atomic E-state index is 0.123. The Hall–Kier alpha value is -1.32. The number of fused-ring (bicyclic) bond motifs is 1. The van der Waals surface area contributed by atoms with Crippen molar-refractivity contribution in [3.05, 3.63) is 18.7 Å². The lowest BCUT2D eigenvalue weighted by Crippen LogP contribution is -2.34. The molecule has 2 fully saturated rings. The molecule has 1 aliphatic heterocycles. The van der Waals surface area contributed by atoms with Crippen LogP contribution in [0.25, 0.3) is 0 Å². The van der Waals surface area contributed by atoms with Crippen LogP contribution >= 0.6 is 0 Å². The van der Waals surface area contributed by atoms with Crippen LogP contribution in [0.15, 0.2) is 18.7 Å². The molecule has 1 saturated carbocycles. The molecule has 0 aromatic carbocycles. The fourth-order valence-corrected chi connectivity index (χ4v) is 2.28. The van der Waals surface area contributed by atoms with Crippen molar-refractivity contribution in [1.29, 1.82) is 0 Å². The zero-order valence-corrected chi connectivity index (χ0v) is 8.26. The van der Waals surface area contributed by atoms with Gasteiger partial charge in [0.25, 0.3) is 6.33 Å². The number of carbonyl (C=O) groups excluding carboxylic acids is 1. The van der Waals surface area contributed by atoms with Crippen LogP contribution in [0.2, 0.25) is 0 Å². The minimum atomic E-state index is 0.123. The lowest BCUT2D eigenvalue weighted by atomic mass is 10.4. The first-order valence-corrected chi connectivity index (χ1v) is 5.06. The molecule has 74 valence electrons. The van der Waals surface area contributed by atoms with Crippen molar-refractivity contribution in [2.45, 2.75) is 6.42 Å². The maximum absolute atomic E-state index is 11.9. The number of aromatic nitrogens is 2. The summed E-state index contributed by atoms with van der Waals surface area (Å²) < 4.78 is 3.54. The average Bonchev–Trinajstić information content (AvgIpc) is 2.64. The Kier molecular flexibility index (Phi) is 1.48. The van der Waals surface area contributed by atoms with Crippen molar-refractivity contribution < 1.29 is 9.36 Å². The van der Waals surface area contributed by atoms with Gasteiger partial charge < -0.3 is 4.90 Å². The summed E-state index contributed by atoms with van der Waals surface area (Å²) in [4.78, 5) is 13.9. The summed E-state index contributed by atoms with van der Waals surface area (Å²) in [6.07, 6.45) is 6.84. The van der Waals surface area contributed by atoms with Crippen LogP contribution in [0.3, 0.4) is 0 Å². The van der Waals surface area contributed by atoms with Crippen LogP contribution in [-0.4, -0.2) is 28.6 Å². The van der Waals surface area contributed by atoms with E-state index in [-0.39, 0.29) is 6.03 Å². The molecule has 4 nitrogen and oxygen atoms in total. The molecule has 2 unspecified atom stereocenters. The van der Waals surface area contributed by atoms with Gasteiger partial charge in [0.15, 0.2) is 0 Å². The highest BCUT2D eigenvalue weighted by molar-refractivity contribution is 5.77. The normalized spacial score (nSPS) is 29.1. The van der Waals surface area contributed by atoms with Gasteiger partial charge in [0.05, 0.1) is 7.05 Å². The zero-order valence-electron chi connectivity index (χ0n) is 8.26. The second-order valence-corrected chi connectivity index (χ2v) is 4.43. The van der Waals surface area contributed by atoms with Gasteiger partial charge in [-0.1, -0.05) is 0 Å². The van der Waals surface area contributed by atoms with Crippen LogP contribution < -0.4 is 4.57 Å². The molecule has 1 saturated heterocycles. The second-order valence-electron chi connectivity index (χ2n) is 4.43. The average molecular weight is 192 g/mol. The van der Waals surface area contributed by atoms with Gasteiger partial charge in [0, 0.05) is 13.1 Å². The number of nitrogens with zero attached hydrogens (tertiary/aromatic N) is 3. The number of hydrogen-bond donors (Lipinski definition) is 0. The van der Waals surface area contributed by atoms with E-state index in [1.807, 2.05) is 35.2 Å². The molecule has 3 rings (SSSR count). The number of imidazole rings is 1. The number of rotatable bonds is 0. The lowest BCUT2D eigenvalue weighted by molar-refractivity contribution is -0.670. The molecule has 0 bridgehead atoms. The van der Waals surface area contributed by atoms with Crippen molar-refractivity contribution in [1.82, 2.24) is 9.47 Å². The third-order valence-electron chi connectivity index (χ3n) is 3.24. The van der Waals surface area contributed by atoms with Gasteiger partial charge in [-0.2, -0.15) is 4.57 Å². The highest BCUT2D eigenvalue weighted by Gasteiger charge is 2.47. The predicted molar refractivity (Wildman–Crippen MR) is 49.6 cm³/mol. The van der Waals surface area contributed by atoms with Gasteiger partial charge in [-0.05, 0) is 18.3 Å². The van der Waals surface area contributed by atoms with Gasteiger partial charge in [-0.15, -0.1) is 0 Å². The Morgan fingerprint density at radius 1 is 1.43 bits per heavy atom. The van der Waals surface area contributed by atoms with E-state index < -0.39 is 0 Å². The molecule has 0 N–H and O–H groups in total. The summed E-state index contributed by atoms with van der Waals surface area (Å²) in [6.45, 7) is 1.93. The molecule has 14 heavy (non-hydrogen) atoms. The number of amides is 1. The monoisotopic (exact) mass is 192 g/mol. The maximum Gasteiger partial charge on any atom is 0.415 e. The predicted octanol–water partition coefficient (Wildman–Crippen LogP) is 0.232. The molecule has 4 heteroatoms. The number of piperidine rings is 1. The Labute approximate surface area is 82.7 Å². The maximum atomic E-state index is 11.9. The van der Waals surface area contributed by atoms with Crippen molar-refractivity contribution in [2.75, 3.05) is 13.1 Å². The molecule has 0 spiro atoms. The largest absolute Gasteiger partial charge is 0.415 e. The van der Waals surface area contributed by atoms with Crippen molar-refractivity contribution in [3.8, 4) is 0 Å². The summed E-state index contributed by atoms with van der Waals surface area (Å²) in [7, 11) is 1.92. The summed E-state index contributed by atoms with van der Waals surface area (Å²) in [6, 6.07) is 0.123. The molecule has 0 radical (unpaired) electrons. The number of likely N-dealkylation sites (tertiary alicyclic amines) is 1. The third-order valence-corrected chi connectivity index (χ3v) is 3.24. The molecule has 1 aromatic rings. The van der Waals surface area contributed by atoms with E-state index in [2.05, 4.69) is 0 Å². The van der Waals surface area contributed by atoms with Crippen LogP contribution in [-0.2, 0) is 7.05 Å². The van der Waals surface area contributed by atoms with E-state index in [1.54, 1.807) is 4.57 Å². The van der Waals surface area contributed by atoms with Gasteiger partial charge >= 0.3 is 6.03 Å². The van der Waals surface area contributed by atoms with Gasteiger partial charge in [0.2, 0.25) is 0 Å². The standard InChI is InChI=1S/C10H14N3O/c1-11-2-3-12(7-11)10(14)13-5-8-4-9(8)6-13/h2-3,7-9H,4-6H2,1H3/q+1. The first-order chi connectivity index (χ1) is 6.74. The Morgan fingerprint density at radius 2 is 2.14 bits per heavy atom. The van der Waals surface area contributed by atoms with E-state index in [0.717, 1.165) is 24.9 Å². The van der Waals surface area contributed by atoms with Crippen LogP contribution in [0.4, 0.5) is 4.79 Å². The molecular formula is C10H14N3O+. The van der Waals surface area contributed by atoms with Crippen LogP contribution in [0, 0.1) is 11.8 Å². The minimum Gasteiger partial charge on any atom is -0.304 e. The Balaban J connectivity index is 1.76. The van der Waals surface area contributed by atoms with Gasteiger partial charge in [-0.3, -0.25) is 0 Å². The summed E-state index contributed by atoms with van der Waals surface area (Å²) in [5, 5.41) is 0. The smallest absolute Gasteiger partial charge is 0.304 e. The van der Waals surface area contributed by atoms with Gasteiger partial charge in [-0.25, -0.2) is 9.36 Å². The van der Waals surface area contributed by atoms with Crippen molar-refractivity contribution in [2.24, 2.45) is 18.9 Å². The molecule has 1 aromatic heterocycles. The highest BCUT2D eigenvalue weighted by atomic mass is 16.2. The van der Waals surface area contributed by atoms with Crippen LogP contribution in [0.1, 0.15) is 6.42 Å². The van der Waals surface area contributed by atoms with Crippen molar-refractivity contribution >= 4 is 6.03 Å². The molecule has 1 aliphatic carbocycles. The molecule has 2 heterocycles. The number of hydrogen-bond acceptors (Lipinski definition) is 1. The fraction of sp³-hybridized carbons (Fsp3) is 0.600. The van der Waals surface area contributed by atoms with E-state index in [1.165, 1.54) is 6.42 Å². The second kappa shape index (κ2) is 2.59. The topological polar surface area (TPSA) is 29.1 Å². The first-order valence-electron chi connectivity index (χ1n) is 5.06. The lowest BCUT2D eigenvalue weighted by Gasteiger charge is -2.13. The highest BCUT2D eigenvalue weighted by Crippen LogP contribution is 2.44. The quantitative estimate of drug-likeness (QED) is 0.541. The molecular weight excluding hydrogens is 178 g/mol. The summed E-state index contributed by atoms with van der Waals surface area (Å²) in [5.41, 5.74) is 0. The zero-order chi connectivity index (χ0) is 9.71. The number of aryl methyl sites for hydroxylation is 1. The van der Waals surface area contributed by atoms with E-state index >= 15 is 0 Å². The first kappa shape index (κ1) is 8.03. The van der Waals surface area contributed by atoms with Gasteiger partial charge in [0.1, 0.15) is 12.4 Å². The summed E-state index contributed by atoms with van der Waals surface area (Å²) in [5.74, 6) is 1.62. The van der Waals surface area contributed by atoms with E-state index in [4.69, 9.17) is 0 Å². The fourth-order valence-electron chi connectivity index (χ4n) is 2.28. The van der Waals surface area contributed by atoms with Crippen LogP contribution in [0.5, 0.6) is 0 Å².